The first kappa shape index (κ1) is 20.8. The molecule has 0 aliphatic rings. The number of halogens is 1. The van der Waals surface area contributed by atoms with Gasteiger partial charge >= 0.3 is 0 Å². The SMILES string of the molecule is C[C@H](NS(=O)(=O)c1cccs1)c1nnc(SCCOc2ccc(F)cc2)n1C. The Morgan fingerprint density at radius 3 is 2.71 bits per heavy atom. The van der Waals surface area contributed by atoms with E-state index in [1.165, 1.54) is 23.9 Å². The number of thiophene rings is 1. The van der Waals surface area contributed by atoms with Gasteiger partial charge in [0.05, 0.1) is 12.6 Å². The molecule has 0 saturated heterocycles. The summed E-state index contributed by atoms with van der Waals surface area (Å²) in [6.45, 7) is 2.14. The van der Waals surface area contributed by atoms with Crippen molar-refractivity contribution in [3.63, 3.8) is 0 Å². The molecule has 150 valence electrons. The summed E-state index contributed by atoms with van der Waals surface area (Å²) >= 11 is 2.60. The Labute approximate surface area is 171 Å². The van der Waals surface area contributed by atoms with Crippen LogP contribution in [0, 0.1) is 5.82 Å². The van der Waals surface area contributed by atoms with Gasteiger partial charge in [-0.2, -0.15) is 0 Å². The number of sulfonamides is 1. The highest BCUT2D eigenvalue weighted by Crippen LogP contribution is 2.22. The third-order valence-electron chi connectivity index (χ3n) is 3.74. The van der Waals surface area contributed by atoms with Crippen molar-refractivity contribution in [3.05, 3.63) is 53.4 Å². The Morgan fingerprint density at radius 2 is 2.04 bits per heavy atom. The van der Waals surface area contributed by atoms with Crippen molar-refractivity contribution in [2.24, 2.45) is 7.05 Å². The zero-order valence-electron chi connectivity index (χ0n) is 15.2. The van der Waals surface area contributed by atoms with Crippen molar-refractivity contribution in [3.8, 4) is 5.75 Å². The van der Waals surface area contributed by atoms with Gasteiger partial charge in [-0.15, -0.1) is 21.5 Å². The summed E-state index contributed by atoms with van der Waals surface area (Å²) in [5.74, 6) is 1.41. The number of ether oxygens (including phenoxy) is 1. The predicted molar refractivity (Wildman–Crippen MR) is 107 cm³/mol. The summed E-state index contributed by atoms with van der Waals surface area (Å²) in [6.07, 6.45) is 0. The van der Waals surface area contributed by atoms with Crippen molar-refractivity contribution >= 4 is 33.1 Å². The molecule has 3 rings (SSSR count). The molecule has 3 aromatic rings. The molecule has 0 bridgehead atoms. The van der Waals surface area contributed by atoms with Gasteiger partial charge in [0.2, 0.25) is 0 Å². The van der Waals surface area contributed by atoms with Crippen LogP contribution in [0.4, 0.5) is 4.39 Å². The highest BCUT2D eigenvalue weighted by Gasteiger charge is 2.23. The van der Waals surface area contributed by atoms with Gasteiger partial charge in [-0.25, -0.2) is 17.5 Å². The van der Waals surface area contributed by atoms with E-state index in [4.69, 9.17) is 4.74 Å². The molecule has 0 fully saturated rings. The highest BCUT2D eigenvalue weighted by molar-refractivity contribution is 7.99. The van der Waals surface area contributed by atoms with Crippen LogP contribution in [-0.2, 0) is 17.1 Å². The minimum atomic E-state index is -3.59. The molecule has 0 radical (unpaired) electrons. The molecule has 11 heteroatoms. The molecule has 1 aromatic carbocycles. The van der Waals surface area contributed by atoms with Crippen molar-refractivity contribution in [1.29, 1.82) is 0 Å². The number of hydrogen-bond acceptors (Lipinski definition) is 7. The summed E-state index contributed by atoms with van der Waals surface area (Å²) in [7, 11) is -1.81. The van der Waals surface area contributed by atoms with E-state index in [1.54, 1.807) is 48.2 Å². The minimum absolute atomic E-state index is 0.258. The second kappa shape index (κ2) is 9.03. The van der Waals surface area contributed by atoms with Gasteiger partial charge < -0.3 is 9.30 Å². The zero-order valence-corrected chi connectivity index (χ0v) is 17.7. The maximum atomic E-state index is 12.9. The minimum Gasteiger partial charge on any atom is -0.493 e. The monoisotopic (exact) mass is 442 g/mol. The summed E-state index contributed by atoms with van der Waals surface area (Å²) < 4.78 is 47.8. The van der Waals surface area contributed by atoms with E-state index in [0.29, 0.717) is 29.1 Å². The largest absolute Gasteiger partial charge is 0.493 e. The van der Waals surface area contributed by atoms with Gasteiger partial charge in [-0.05, 0) is 42.6 Å². The lowest BCUT2D eigenvalue weighted by Gasteiger charge is -2.13. The van der Waals surface area contributed by atoms with E-state index < -0.39 is 16.1 Å². The molecule has 1 N–H and O–H groups in total. The molecule has 0 unspecified atom stereocenters. The number of thioether (sulfide) groups is 1. The lowest BCUT2D eigenvalue weighted by molar-refractivity contribution is 0.343. The van der Waals surface area contributed by atoms with E-state index in [1.807, 2.05) is 0 Å². The second-order valence-electron chi connectivity index (χ2n) is 5.83. The van der Waals surface area contributed by atoms with Crippen LogP contribution < -0.4 is 9.46 Å². The lowest BCUT2D eigenvalue weighted by Crippen LogP contribution is -2.28. The molecule has 0 aliphatic carbocycles. The molecule has 0 spiro atoms. The van der Waals surface area contributed by atoms with Crippen LogP contribution in [0.5, 0.6) is 5.75 Å². The molecule has 28 heavy (non-hydrogen) atoms. The third kappa shape index (κ3) is 5.10. The molecule has 2 heterocycles. The van der Waals surface area contributed by atoms with Crippen LogP contribution >= 0.6 is 23.1 Å². The van der Waals surface area contributed by atoms with E-state index in [2.05, 4.69) is 14.9 Å². The summed E-state index contributed by atoms with van der Waals surface area (Å²) in [5.41, 5.74) is 0. The van der Waals surface area contributed by atoms with Gasteiger partial charge in [0.15, 0.2) is 11.0 Å². The molecule has 0 aliphatic heterocycles. The molecule has 0 amide bonds. The van der Waals surface area contributed by atoms with Gasteiger partial charge in [-0.3, -0.25) is 0 Å². The van der Waals surface area contributed by atoms with Gasteiger partial charge in [0.1, 0.15) is 15.8 Å². The van der Waals surface area contributed by atoms with Crippen LogP contribution in [0.15, 0.2) is 51.1 Å². The van der Waals surface area contributed by atoms with Gasteiger partial charge in [-0.1, -0.05) is 17.8 Å². The molecule has 1 atom stereocenters. The maximum Gasteiger partial charge on any atom is 0.250 e. The summed E-state index contributed by atoms with van der Waals surface area (Å²) in [4.78, 5) is 0. The number of aromatic nitrogens is 3. The van der Waals surface area contributed by atoms with Crippen LogP contribution in [-0.4, -0.2) is 35.5 Å². The van der Waals surface area contributed by atoms with Gasteiger partial charge in [0, 0.05) is 12.8 Å². The molecule has 2 aromatic heterocycles. The van der Waals surface area contributed by atoms with Crippen LogP contribution in [0.25, 0.3) is 0 Å². The normalized spacial score (nSPS) is 12.8. The molecular formula is C17H19FN4O3S3. The molecule has 7 nitrogen and oxygen atoms in total. The third-order valence-corrected chi connectivity index (χ3v) is 7.67. The molecule has 0 saturated carbocycles. The fraction of sp³-hybridized carbons (Fsp3) is 0.294. The summed E-state index contributed by atoms with van der Waals surface area (Å²) in [6, 6.07) is 8.54. The van der Waals surface area contributed by atoms with Crippen molar-refractivity contribution < 1.29 is 17.5 Å². The van der Waals surface area contributed by atoms with Crippen LogP contribution in [0.2, 0.25) is 0 Å². The second-order valence-corrected chi connectivity index (χ2v) is 9.78. The maximum absolute atomic E-state index is 12.9. The van der Waals surface area contributed by atoms with E-state index in [0.717, 1.165) is 11.3 Å². The number of nitrogens with zero attached hydrogens (tertiary/aromatic N) is 3. The fourth-order valence-electron chi connectivity index (χ4n) is 2.41. The van der Waals surface area contributed by atoms with Crippen molar-refractivity contribution in [2.45, 2.75) is 22.3 Å². The van der Waals surface area contributed by atoms with E-state index in [-0.39, 0.29) is 10.0 Å². The Kier molecular flexibility index (Phi) is 6.70. The Morgan fingerprint density at radius 1 is 1.29 bits per heavy atom. The number of hydrogen-bond donors (Lipinski definition) is 1. The predicted octanol–water partition coefficient (Wildman–Crippen LogP) is 3.23. The van der Waals surface area contributed by atoms with Gasteiger partial charge in [0.25, 0.3) is 10.0 Å². The van der Waals surface area contributed by atoms with Crippen LogP contribution in [0.3, 0.4) is 0 Å². The number of benzene rings is 1. The smallest absolute Gasteiger partial charge is 0.250 e. The average Bonchev–Trinajstić information content (AvgIpc) is 3.31. The van der Waals surface area contributed by atoms with Crippen LogP contribution in [0.1, 0.15) is 18.8 Å². The van der Waals surface area contributed by atoms with E-state index >= 15 is 0 Å². The zero-order chi connectivity index (χ0) is 20.1. The first-order valence-electron chi connectivity index (χ1n) is 8.33. The first-order valence-corrected chi connectivity index (χ1v) is 11.7. The Bertz CT molecular complexity index is 1000. The Balaban J connectivity index is 1.55. The average molecular weight is 443 g/mol. The molecular weight excluding hydrogens is 423 g/mol. The Hall–Kier alpha value is -1.95. The number of nitrogens with one attached hydrogen (secondary N) is 1. The standard InChI is InChI=1S/C17H19FN4O3S3/c1-12(21-28(23,24)15-4-3-10-26-15)16-19-20-17(22(16)2)27-11-9-25-14-7-5-13(18)6-8-14/h3-8,10,12,21H,9,11H2,1-2H3/t12-/m0/s1. The summed E-state index contributed by atoms with van der Waals surface area (Å²) in [5, 5.41) is 10.6. The topological polar surface area (TPSA) is 86.1 Å². The lowest BCUT2D eigenvalue weighted by atomic mass is 10.3. The fourth-order valence-corrected chi connectivity index (χ4v) is 5.36. The highest BCUT2D eigenvalue weighted by atomic mass is 32.2. The quantitative estimate of drug-likeness (QED) is 0.405. The first-order chi connectivity index (χ1) is 13.4. The number of rotatable bonds is 9. The van der Waals surface area contributed by atoms with Crippen molar-refractivity contribution in [2.75, 3.05) is 12.4 Å². The van der Waals surface area contributed by atoms with Crippen molar-refractivity contribution in [1.82, 2.24) is 19.5 Å². The van der Waals surface area contributed by atoms with E-state index in [9.17, 15) is 12.8 Å².